The van der Waals surface area contributed by atoms with Crippen LogP contribution in [0.4, 0.5) is 0 Å². The third kappa shape index (κ3) is 5.25. The van der Waals surface area contributed by atoms with Crippen molar-refractivity contribution >= 4 is 0 Å². The second-order valence-electron chi connectivity index (χ2n) is 10.3. The molecule has 4 heteroatoms. The first-order chi connectivity index (χ1) is 17.8. The average molecular weight is 674 g/mol. The Morgan fingerprint density at radius 1 is 0.711 bits per heavy atom. The fourth-order valence-electron chi connectivity index (χ4n) is 4.84. The molecule has 0 aliphatic heterocycles. The van der Waals surface area contributed by atoms with E-state index < -0.39 is 0 Å². The molecule has 0 bridgehead atoms. The van der Waals surface area contributed by atoms with Crippen LogP contribution in [0.2, 0.25) is 0 Å². The van der Waals surface area contributed by atoms with Crippen molar-refractivity contribution in [2.24, 2.45) is 0 Å². The topological polar surface area (TPSA) is 38.7 Å². The van der Waals surface area contributed by atoms with Gasteiger partial charge in [-0.3, -0.25) is 0 Å². The number of rotatable bonds is 2. The van der Waals surface area contributed by atoms with Crippen LogP contribution >= 0.6 is 0 Å². The number of fused-ring (bicyclic) bond motifs is 3. The quantitative estimate of drug-likeness (QED) is 0.178. The van der Waals surface area contributed by atoms with Gasteiger partial charge in [0.15, 0.2) is 0 Å². The van der Waals surface area contributed by atoms with E-state index in [1.165, 1.54) is 38.9 Å². The molecule has 1 aliphatic carbocycles. The SMILES string of the molecule is Cc1c[c-]c(-c2cc(C)c(C)cn2)cc1.Cc1ccn[c-]c1-c1cc2c(cn1)C(C)(C)c1ccccc1-2.[Ir]. The summed E-state index contributed by atoms with van der Waals surface area (Å²) in [4.78, 5) is 13.2. The summed E-state index contributed by atoms with van der Waals surface area (Å²) in [5.41, 5.74) is 14.1. The number of aromatic nitrogens is 3. The second kappa shape index (κ2) is 11.1. The van der Waals surface area contributed by atoms with E-state index in [1.807, 2.05) is 24.5 Å². The zero-order valence-electron chi connectivity index (χ0n) is 22.7. The molecule has 3 heterocycles. The average Bonchev–Trinajstić information content (AvgIpc) is 3.13. The maximum absolute atomic E-state index is 4.69. The molecule has 1 radical (unpaired) electrons. The molecular formula is C34H31IrN3-2. The summed E-state index contributed by atoms with van der Waals surface area (Å²) in [6, 6.07) is 24.3. The third-order valence-corrected chi connectivity index (χ3v) is 7.31. The number of hydrogen-bond acceptors (Lipinski definition) is 3. The second-order valence-corrected chi connectivity index (χ2v) is 10.3. The van der Waals surface area contributed by atoms with Gasteiger partial charge in [0.2, 0.25) is 0 Å². The maximum atomic E-state index is 4.69. The van der Waals surface area contributed by atoms with E-state index in [0.717, 1.165) is 28.1 Å². The molecule has 0 N–H and O–H groups in total. The Bertz CT molecular complexity index is 1590. The molecule has 0 saturated heterocycles. The van der Waals surface area contributed by atoms with E-state index in [0.29, 0.717) is 0 Å². The van der Waals surface area contributed by atoms with Gasteiger partial charge >= 0.3 is 0 Å². The number of benzene rings is 2. The zero-order valence-corrected chi connectivity index (χ0v) is 25.1. The summed E-state index contributed by atoms with van der Waals surface area (Å²) in [5, 5.41) is 0. The van der Waals surface area contributed by atoms with Crippen LogP contribution in [0.3, 0.4) is 0 Å². The summed E-state index contributed by atoms with van der Waals surface area (Å²) in [5.74, 6) is 0. The molecule has 193 valence electrons. The molecule has 1 aliphatic rings. The van der Waals surface area contributed by atoms with Crippen molar-refractivity contribution in [1.82, 2.24) is 15.0 Å². The van der Waals surface area contributed by atoms with Crippen molar-refractivity contribution in [2.75, 3.05) is 0 Å². The minimum atomic E-state index is 0. The molecule has 5 aromatic rings. The Morgan fingerprint density at radius 3 is 2.18 bits per heavy atom. The van der Waals surface area contributed by atoms with Crippen molar-refractivity contribution in [1.29, 1.82) is 0 Å². The molecule has 0 amide bonds. The number of pyridine rings is 3. The van der Waals surface area contributed by atoms with E-state index in [-0.39, 0.29) is 25.5 Å². The molecule has 3 nitrogen and oxygen atoms in total. The summed E-state index contributed by atoms with van der Waals surface area (Å²) >= 11 is 0. The number of aryl methyl sites for hydroxylation is 4. The van der Waals surface area contributed by atoms with Gasteiger partial charge in [0.25, 0.3) is 0 Å². The minimum Gasteiger partial charge on any atom is -0.360 e. The Morgan fingerprint density at radius 2 is 1.47 bits per heavy atom. The zero-order chi connectivity index (χ0) is 26.2. The summed E-state index contributed by atoms with van der Waals surface area (Å²) < 4.78 is 0. The van der Waals surface area contributed by atoms with Crippen LogP contribution in [0.25, 0.3) is 33.6 Å². The standard InChI is InChI=1S/C20H17N2.C14H14N.Ir/c1-13-8-9-21-11-16(13)19-10-15-14-6-4-5-7-17(14)20(2,3)18(15)12-22-19;1-10-4-6-13(7-5-10)14-8-11(2)12(3)9-15-14;/h4-10,12H,1-3H3;4-6,8-9H,1-3H3;/q2*-1;. The number of hydrogen-bond donors (Lipinski definition) is 0. The Hall–Kier alpha value is -3.46. The third-order valence-electron chi connectivity index (χ3n) is 7.31. The van der Waals surface area contributed by atoms with Gasteiger partial charge in [0.05, 0.1) is 0 Å². The van der Waals surface area contributed by atoms with Gasteiger partial charge in [-0.05, 0) is 59.2 Å². The van der Waals surface area contributed by atoms with E-state index >= 15 is 0 Å². The van der Waals surface area contributed by atoms with Gasteiger partial charge in [0, 0.05) is 37.9 Å². The van der Waals surface area contributed by atoms with Crippen molar-refractivity contribution in [3.05, 3.63) is 125 Å². The van der Waals surface area contributed by atoms with Crippen LogP contribution in [0.5, 0.6) is 0 Å². The van der Waals surface area contributed by atoms with Crippen LogP contribution in [-0.4, -0.2) is 15.0 Å². The Balaban J connectivity index is 0.000000185. The Labute approximate surface area is 239 Å². The molecule has 2 aromatic carbocycles. The number of nitrogens with zero attached hydrogens (tertiary/aromatic N) is 3. The van der Waals surface area contributed by atoms with Gasteiger partial charge in [0.1, 0.15) is 0 Å². The van der Waals surface area contributed by atoms with E-state index in [4.69, 9.17) is 0 Å². The van der Waals surface area contributed by atoms with Crippen LogP contribution in [0, 0.1) is 40.0 Å². The minimum absolute atomic E-state index is 0. The molecule has 0 atom stereocenters. The van der Waals surface area contributed by atoms with Crippen LogP contribution < -0.4 is 0 Å². The first-order valence-electron chi connectivity index (χ1n) is 12.6. The van der Waals surface area contributed by atoms with E-state index in [2.05, 4.69) is 117 Å². The molecular weight excluding hydrogens is 643 g/mol. The normalized spacial score (nSPS) is 12.5. The monoisotopic (exact) mass is 674 g/mol. The van der Waals surface area contributed by atoms with Crippen LogP contribution in [0.15, 0.2) is 79.3 Å². The van der Waals surface area contributed by atoms with Gasteiger partial charge in [-0.1, -0.05) is 75.9 Å². The van der Waals surface area contributed by atoms with Crippen LogP contribution in [0.1, 0.15) is 47.2 Å². The molecule has 0 unspecified atom stereocenters. The Kier molecular flexibility index (Phi) is 8.06. The van der Waals surface area contributed by atoms with Gasteiger partial charge in [-0.15, -0.1) is 52.6 Å². The van der Waals surface area contributed by atoms with Crippen LogP contribution in [-0.2, 0) is 25.5 Å². The first-order valence-corrected chi connectivity index (χ1v) is 12.6. The van der Waals surface area contributed by atoms with Crippen molar-refractivity contribution < 1.29 is 20.1 Å². The van der Waals surface area contributed by atoms with Crippen molar-refractivity contribution in [2.45, 2.75) is 47.0 Å². The van der Waals surface area contributed by atoms with E-state index in [1.54, 1.807) is 6.20 Å². The van der Waals surface area contributed by atoms with Crippen molar-refractivity contribution in [3.63, 3.8) is 0 Å². The first kappa shape index (κ1) is 27.6. The fourth-order valence-corrected chi connectivity index (χ4v) is 4.84. The van der Waals surface area contributed by atoms with Crippen molar-refractivity contribution in [3.8, 4) is 33.6 Å². The molecule has 38 heavy (non-hydrogen) atoms. The molecule has 0 fully saturated rings. The predicted molar refractivity (Wildman–Crippen MR) is 151 cm³/mol. The van der Waals surface area contributed by atoms with Gasteiger partial charge in [-0.25, -0.2) is 0 Å². The van der Waals surface area contributed by atoms with E-state index in [9.17, 15) is 0 Å². The van der Waals surface area contributed by atoms with Gasteiger partial charge in [-0.2, -0.15) is 0 Å². The molecule has 6 rings (SSSR count). The van der Waals surface area contributed by atoms with Gasteiger partial charge < -0.3 is 15.0 Å². The maximum Gasteiger partial charge on any atom is 0.0207 e. The molecule has 3 aromatic heterocycles. The molecule has 0 saturated carbocycles. The smallest absolute Gasteiger partial charge is 0.0207 e. The summed E-state index contributed by atoms with van der Waals surface area (Å²) in [7, 11) is 0. The summed E-state index contributed by atoms with van der Waals surface area (Å²) in [6.45, 7) is 12.8. The predicted octanol–water partition coefficient (Wildman–Crippen LogP) is 8.03. The molecule has 0 spiro atoms. The fraction of sp³-hybridized carbons (Fsp3) is 0.206. The summed E-state index contributed by atoms with van der Waals surface area (Å²) in [6.07, 6.45) is 8.78. The largest absolute Gasteiger partial charge is 0.360 e.